The fourth-order valence-corrected chi connectivity index (χ4v) is 4.53. The molecule has 0 aliphatic carbocycles. The standard InChI is InChI=1S/C22H33N5S/c1-5-23-22(24-14-21-25-17(3)18(4)28-21)26-20-11-12-27(16(2)13-20)15-19-9-7-6-8-10-19/h6-10,16,20H,5,11-15H2,1-4H3,(H2,23,24,26). The highest BCUT2D eigenvalue weighted by atomic mass is 32.1. The van der Waals surface area contributed by atoms with Crippen molar-refractivity contribution in [1.82, 2.24) is 20.5 Å². The Balaban J connectivity index is 1.54. The Morgan fingerprint density at radius 2 is 2.07 bits per heavy atom. The van der Waals surface area contributed by atoms with Crippen molar-refractivity contribution in [2.75, 3.05) is 13.1 Å². The van der Waals surface area contributed by atoms with E-state index in [2.05, 4.69) is 78.5 Å². The summed E-state index contributed by atoms with van der Waals surface area (Å²) in [6.07, 6.45) is 2.27. The maximum Gasteiger partial charge on any atom is 0.191 e. The van der Waals surface area contributed by atoms with Crippen molar-refractivity contribution >= 4 is 17.3 Å². The summed E-state index contributed by atoms with van der Waals surface area (Å²) in [6, 6.07) is 11.8. The molecule has 1 saturated heterocycles. The van der Waals surface area contributed by atoms with Gasteiger partial charge in [0, 0.05) is 36.6 Å². The van der Waals surface area contributed by atoms with Crippen molar-refractivity contribution in [3.8, 4) is 0 Å². The molecule has 6 heteroatoms. The second-order valence-corrected chi connectivity index (χ2v) is 8.90. The normalized spacial score (nSPS) is 20.9. The van der Waals surface area contributed by atoms with Crippen LogP contribution in [-0.4, -0.2) is 41.0 Å². The van der Waals surface area contributed by atoms with Gasteiger partial charge in [0.25, 0.3) is 0 Å². The molecule has 1 aliphatic rings. The van der Waals surface area contributed by atoms with Gasteiger partial charge in [-0.2, -0.15) is 0 Å². The minimum atomic E-state index is 0.458. The third-order valence-electron chi connectivity index (χ3n) is 5.37. The molecule has 1 fully saturated rings. The Kier molecular flexibility index (Phi) is 7.45. The first-order chi connectivity index (χ1) is 13.5. The van der Waals surface area contributed by atoms with Crippen molar-refractivity contribution in [3.05, 3.63) is 51.5 Å². The number of thiazole rings is 1. The quantitative estimate of drug-likeness (QED) is 0.572. The number of piperidine rings is 1. The van der Waals surface area contributed by atoms with E-state index in [-0.39, 0.29) is 0 Å². The lowest BCUT2D eigenvalue weighted by Gasteiger charge is -2.38. The number of aromatic nitrogens is 1. The van der Waals surface area contributed by atoms with E-state index < -0.39 is 0 Å². The number of nitrogens with one attached hydrogen (secondary N) is 2. The summed E-state index contributed by atoms with van der Waals surface area (Å²) >= 11 is 1.74. The van der Waals surface area contributed by atoms with Gasteiger partial charge in [0.1, 0.15) is 5.01 Å². The van der Waals surface area contributed by atoms with E-state index in [0.717, 1.165) is 49.1 Å². The molecule has 2 unspecified atom stereocenters. The Bertz CT molecular complexity index is 751. The number of nitrogens with zero attached hydrogens (tertiary/aromatic N) is 3. The molecule has 2 heterocycles. The van der Waals surface area contributed by atoms with Gasteiger partial charge in [-0.05, 0) is 46.1 Å². The van der Waals surface area contributed by atoms with Crippen molar-refractivity contribution < 1.29 is 0 Å². The number of hydrogen-bond donors (Lipinski definition) is 2. The maximum atomic E-state index is 4.77. The predicted molar refractivity (Wildman–Crippen MR) is 119 cm³/mol. The van der Waals surface area contributed by atoms with E-state index in [1.807, 2.05) is 0 Å². The zero-order chi connectivity index (χ0) is 19.9. The topological polar surface area (TPSA) is 52.6 Å². The minimum Gasteiger partial charge on any atom is -0.357 e. The van der Waals surface area contributed by atoms with Crippen LogP contribution in [0.5, 0.6) is 0 Å². The van der Waals surface area contributed by atoms with Crippen LogP contribution < -0.4 is 10.6 Å². The van der Waals surface area contributed by atoms with Crippen LogP contribution in [0.3, 0.4) is 0 Å². The van der Waals surface area contributed by atoms with Crippen molar-refractivity contribution in [3.63, 3.8) is 0 Å². The summed E-state index contributed by atoms with van der Waals surface area (Å²) in [5, 5.41) is 8.12. The molecular weight excluding hydrogens is 366 g/mol. The highest BCUT2D eigenvalue weighted by molar-refractivity contribution is 7.11. The molecule has 28 heavy (non-hydrogen) atoms. The summed E-state index contributed by atoms with van der Waals surface area (Å²) in [4.78, 5) is 13.2. The van der Waals surface area contributed by atoms with Gasteiger partial charge in [-0.1, -0.05) is 30.3 Å². The Morgan fingerprint density at radius 1 is 1.29 bits per heavy atom. The molecule has 0 saturated carbocycles. The highest BCUT2D eigenvalue weighted by Gasteiger charge is 2.26. The van der Waals surface area contributed by atoms with Crippen LogP contribution in [0.4, 0.5) is 0 Å². The second-order valence-electron chi connectivity index (χ2n) is 7.62. The summed E-state index contributed by atoms with van der Waals surface area (Å²) in [5.41, 5.74) is 2.51. The van der Waals surface area contributed by atoms with Gasteiger partial charge in [-0.3, -0.25) is 4.90 Å². The van der Waals surface area contributed by atoms with Gasteiger partial charge in [0.05, 0.1) is 12.2 Å². The number of aliphatic imine (C=N–C) groups is 1. The van der Waals surface area contributed by atoms with Crippen LogP contribution in [-0.2, 0) is 13.1 Å². The minimum absolute atomic E-state index is 0.458. The number of hydrogen-bond acceptors (Lipinski definition) is 4. The number of guanidine groups is 1. The van der Waals surface area contributed by atoms with Gasteiger partial charge >= 0.3 is 0 Å². The number of rotatable bonds is 6. The lowest BCUT2D eigenvalue weighted by Crippen LogP contribution is -2.51. The molecule has 3 rings (SSSR count). The fraction of sp³-hybridized carbons (Fsp3) is 0.545. The van der Waals surface area contributed by atoms with Gasteiger partial charge in [0.15, 0.2) is 5.96 Å². The molecule has 1 aliphatic heterocycles. The molecule has 0 bridgehead atoms. The van der Waals surface area contributed by atoms with E-state index in [4.69, 9.17) is 4.99 Å². The molecule has 0 amide bonds. The van der Waals surface area contributed by atoms with E-state index >= 15 is 0 Å². The molecule has 1 aromatic carbocycles. The fourth-order valence-electron chi connectivity index (χ4n) is 3.67. The van der Waals surface area contributed by atoms with E-state index in [0.29, 0.717) is 18.6 Å². The molecule has 5 nitrogen and oxygen atoms in total. The van der Waals surface area contributed by atoms with E-state index in [9.17, 15) is 0 Å². The number of likely N-dealkylation sites (tertiary alicyclic amines) is 1. The molecule has 2 N–H and O–H groups in total. The van der Waals surface area contributed by atoms with Crippen LogP contribution in [0.1, 0.15) is 47.8 Å². The molecule has 0 spiro atoms. The highest BCUT2D eigenvalue weighted by Crippen LogP contribution is 2.20. The monoisotopic (exact) mass is 399 g/mol. The Labute approximate surface area is 173 Å². The van der Waals surface area contributed by atoms with Gasteiger partial charge < -0.3 is 10.6 Å². The maximum absolute atomic E-state index is 4.77. The molecule has 1 aromatic heterocycles. The third-order valence-corrected chi connectivity index (χ3v) is 6.43. The van der Waals surface area contributed by atoms with E-state index in [1.165, 1.54) is 10.4 Å². The van der Waals surface area contributed by atoms with E-state index in [1.54, 1.807) is 11.3 Å². The predicted octanol–water partition coefficient (Wildman–Crippen LogP) is 3.87. The zero-order valence-electron chi connectivity index (χ0n) is 17.5. The van der Waals surface area contributed by atoms with Crippen LogP contribution in [0.2, 0.25) is 0 Å². The summed E-state index contributed by atoms with van der Waals surface area (Å²) in [6.45, 7) is 12.3. The first kappa shape index (κ1) is 20.8. The SMILES string of the molecule is CCNC(=NCc1nc(C)c(C)s1)NC1CCN(Cc2ccccc2)C(C)C1. The van der Waals surface area contributed by atoms with Crippen LogP contribution in [0, 0.1) is 13.8 Å². The first-order valence-electron chi connectivity index (χ1n) is 10.3. The van der Waals surface area contributed by atoms with Crippen molar-refractivity contribution in [1.29, 1.82) is 0 Å². The molecular formula is C22H33N5S. The molecule has 2 atom stereocenters. The average Bonchev–Trinajstić information content (AvgIpc) is 3.01. The Morgan fingerprint density at radius 3 is 2.71 bits per heavy atom. The molecule has 2 aromatic rings. The van der Waals surface area contributed by atoms with Gasteiger partial charge in [-0.25, -0.2) is 9.98 Å². The van der Waals surface area contributed by atoms with Crippen LogP contribution in [0.15, 0.2) is 35.3 Å². The lowest BCUT2D eigenvalue weighted by molar-refractivity contribution is 0.134. The van der Waals surface area contributed by atoms with Crippen LogP contribution >= 0.6 is 11.3 Å². The zero-order valence-corrected chi connectivity index (χ0v) is 18.4. The van der Waals surface area contributed by atoms with Gasteiger partial charge in [0.2, 0.25) is 0 Å². The Hall–Kier alpha value is -1.92. The smallest absolute Gasteiger partial charge is 0.191 e. The lowest BCUT2D eigenvalue weighted by atomic mass is 9.97. The third kappa shape index (κ3) is 5.79. The molecule has 0 radical (unpaired) electrons. The van der Waals surface area contributed by atoms with Crippen molar-refractivity contribution in [2.24, 2.45) is 4.99 Å². The molecule has 152 valence electrons. The number of aryl methyl sites for hydroxylation is 2. The summed E-state index contributed by atoms with van der Waals surface area (Å²) < 4.78 is 0. The van der Waals surface area contributed by atoms with Crippen LogP contribution in [0.25, 0.3) is 0 Å². The summed E-state index contributed by atoms with van der Waals surface area (Å²) in [7, 11) is 0. The summed E-state index contributed by atoms with van der Waals surface area (Å²) in [5.74, 6) is 0.904. The average molecular weight is 400 g/mol. The first-order valence-corrected chi connectivity index (χ1v) is 11.1. The number of benzene rings is 1. The largest absolute Gasteiger partial charge is 0.357 e. The van der Waals surface area contributed by atoms with Crippen molar-refractivity contribution in [2.45, 2.75) is 65.7 Å². The second kappa shape index (κ2) is 10.0. The van der Waals surface area contributed by atoms with Gasteiger partial charge in [-0.15, -0.1) is 11.3 Å².